The molecule has 28 heavy (non-hydrogen) atoms. The van der Waals surface area contributed by atoms with Crippen molar-refractivity contribution < 1.29 is 14.0 Å². The van der Waals surface area contributed by atoms with Gasteiger partial charge in [-0.15, -0.1) is 10.2 Å². The van der Waals surface area contributed by atoms with E-state index in [0.29, 0.717) is 37.2 Å². The summed E-state index contributed by atoms with van der Waals surface area (Å²) in [6.45, 7) is 9.32. The number of benzene rings is 1. The quantitative estimate of drug-likeness (QED) is 0.733. The van der Waals surface area contributed by atoms with E-state index < -0.39 is 0 Å². The molecule has 7 heteroatoms. The van der Waals surface area contributed by atoms with Crippen molar-refractivity contribution in [2.24, 2.45) is 5.92 Å². The lowest BCUT2D eigenvalue weighted by Gasteiger charge is -2.23. The Morgan fingerprint density at radius 1 is 1.21 bits per heavy atom. The molecule has 3 rings (SSSR count). The molecule has 2 amide bonds. The summed E-state index contributed by atoms with van der Waals surface area (Å²) in [5.41, 5.74) is 2.07. The maximum absolute atomic E-state index is 13.0. The van der Waals surface area contributed by atoms with Crippen molar-refractivity contribution in [2.75, 3.05) is 18.0 Å². The largest absolute Gasteiger partial charge is 0.423 e. The zero-order valence-corrected chi connectivity index (χ0v) is 17.0. The Labute approximate surface area is 165 Å². The molecule has 1 aromatic carbocycles. The number of hydrogen-bond acceptors (Lipinski definition) is 5. The first-order valence-corrected chi connectivity index (χ1v) is 9.93. The predicted molar refractivity (Wildman–Crippen MR) is 106 cm³/mol. The number of aromatic nitrogens is 2. The van der Waals surface area contributed by atoms with Gasteiger partial charge in [-0.3, -0.25) is 9.59 Å². The van der Waals surface area contributed by atoms with Gasteiger partial charge in [-0.25, -0.2) is 0 Å². The van der Waals surface area contributed by atoms with Crippen LogP contribution in [0.1, 0.15) is 57.4 Å². The molecule has 0 radical (unpaired) electrons. The number of rotatable bonds is 7. The van der Waals surface area contributed by atoms with Gasteiger partial charge in [0.2, 0.25) is 23.6 Å². The Morgan fingerprint density at radius 2 is 1.89 bits per heavy atom. The van der Waals surface area contributed by atoms with Crippen LogP contribution in [0.2, 0.25) is 0 Å². The molecule has 7 nitrogen and oxygen atoms in total. The van der Waals surface area contributed by atoms with E-state index in [4.69, 9.17) is 4.42 Å². The fourth-order valence-corrected chi connectivity index (χ4v) is 3.42. The third kappa shape index (κ3) is 4.24. The van der Waals surface area contributed by atoms with Gasteiger partial charge in [0.15, 0.2) is 0 Å². The SMILES string of the molecule is CCc1nnc(CN(CC)C(=O)[C@@H]2CC(=O)N(c3ccc(C(C)C)cc3)C2)o1. The first-order valence-electron chi connectivity index (χ1n) is 9.93. The minimum Gasteiger partial charge on any atom is -0.423 e. The standard InChI is InChI=1S/C21H28N4O3/c1-5-18-22-23-19(28-18)13-24(6-2)21(27)16-11-20(26)25(12-16)17-9-7-15(8-10-17)14(3)4/h7-10,14,16H,5-6,11-13H2,1-4H3/t16-/m1/s1. The van der Waals surface area contributed by atoms with E-state index >= 15 is 0 Å². The van der Waals surface area contributed by atoms with Crippen LogP contribution in [0.15, 0.2) is 28.7 Å². The number of anilines is 1. The lowest BCUT2D eigenvalue weighted by molar-refractivity contribution is -0.136. The Hall–Kier alpha value is -2.70. The van der Waals surface area contributed by atoms with Gasteiger partial charge in [0.25, 0.3) is 0 Å². The van der Waals surface area contributed by atoms with Crippen molar-refractivity contribution in [2.45, 2.75) is 53.0 Å². The van der Waals surface area contributed by atoms with Gasteiger partial charge in [-0.1, -0.05) is 32.9 Å². The summed E-state index contributed by atoms with van der Waals surface area (Å²) in [7, 11) is 0. The summed E-state index contributed by atoms with van der Waals surface area (Å²) in [6.07, 6.45) is 0.889. The molecule has 0 saturated carbocycles. The zero-order valence-electron chi connectivity index (χ0n) is 17.0. The smallest absolute Gasteiger partial charge is 0.235 e. The topological polar surface area (TPSA) is 79.5 Å². The molecule has 150 valence electrons. The van der Waals surface area contributed by atoms with Gasteiger partial charge in [-0.2, -0.15) is 0 Å². The Kier molecular flexibility index (Phi) is 6.11. The van der Waals surface area contributed by atoms with E-state index in [9.17, 15) is 9.59 Å². The van der Waals surface area contributed by atoms with Gasteiger partial charge < -0.3 is 14.2 Å². The third-order valence-electron chi connectivity index (χ3n) is 5.18. The van der Waals surface area contributed by atoms with Crippen molar-refractivity contribution in [1.82, 2.24) is 15.1 Å². The summed E-state index contributed by atoms with van der Waals surface area (Å²) in [6, 6.07) is 8.01. The molecule has 1 aliphatic rings. The van der Waals surface area contributed by atoms with Gasteiger partial charge in [0.1, 0.15) is 0 Å². The van der Waals surface area contributed by atoms with Crippen molar-refractivity contribution in [3.8, 4) is 0 Å². The number of nitrogens with zero attached hydrogens (tertiary/aromatic N) is 4. The molecule has 0 bridgehead atoms. The van der Waals surface area contributed by atoms with Crippen LogP contribution in [0.4, 0.5) is 5.69 Å². The second-order valence-corrected chi connectivity index (χ2v) is 7.45. The minimum absolute atomic E-state index is 0.0160. The highest BCUT2D eigenvalue weighted by Crippen LogP contribution is 2.28. The summed E-state index contributed by atoms with van der Waals surface area (Å²) in [4.78, 5) is 28.9. The number of aryl methyl sites for hydroxylation is 1. The van der Waals surface area contributed by atoms with Crippen LogP contribution >= 0.6 is 0 Å². The third-order valence-corrected chi connectivity index (χ3v) is 5.18. The molecule has 0 unspecified atom stereocenters. The molecule has 1 fully saturated rings. The monoisotopic (exact) mass is 384 g/mol. The van der Waals surface area contributed by atoms with Crippen molar-refractivity contribution in [3.63, 3.8) is 0 Å². The molecule has 1 aromatic heterocycles. The highest BCUT2D eigenvalue weighted by atomic mass is 16.4. The fourth-order valence-electron chi connectivity index (χ4n) is 3.42. The lowest BCUT2D eigenvalue weighted by Crippen LogP contribution is -2.37. The average molecular weight is 384 g/mol. The molecule has 1 saturated heterocycles. The van der Waals surface area contributed by atoms with Crippen LogP contribution in [0, 0.1) is 5.92 Å². The van der Waals surface area contributed by atoms with Crippen LogP contribution in [-0.4, -0.2) is 40.0 Å². The second kappa shape index (κ2) is 8.54. The van der Waals surface area contributed by atoms with E-state index in [0.717, 1.165) is 5.69 Å². The Bertz CT molecular complexity index is 828. The van der Waals surface area contributed by atoms with Crippen LogP contribution in [0.25, 0.3) is 0 Å². The van der Waals surface area contributed by atoms with Crippen LogP contribution < -0.4 is 4.90 Å². The molecular weight excluding hydrogens is 356 g/mol. The summed E-state index contributed by atoms with van der Waals surface area (Å²) >= 11 is 0. The van der Waals surface area contributed by atoms with Gasteiger partial charge >= 0.3 is 0 Å². The average Bonchev–Trinajstić information content (AvgIpc) is 3.32. The highest BCUT2D eigenvalue weighted by Gasteiger charge is 2.37. The summed E-state index contributed by atoms with van der Waals surface area (Å²) in [5.74, 6) is 1.01. The fraction of sp³-hybridized carbons (Fsp3) is 0.524. The maximum Gasteiger partial charge on any atom is 0.235 e. The van der Waals surface area contributed by atoms with E-state index in [1.54, 1.807) is 9.80 Å². The molecule has 1 atom stereocenters. The van der Waals surface area contributed by atoms with Gasteiger partial charge in [-0.05, 0) is 30.5 Å². The molecule has 0 aliphatic carbocycles. The van der Waals surface area contributed by atoms with E-state index in [1.165, 1.54) is 5.56 Å². The number of carbonyl (C=O) groups excluding carboxylic acids is 2. The van der Waals surface area contributed by atoms with Crippen LogP contribution in [-0.2, 0) is 22.6 Å². The van der Waals surface area contributed by atoms with Crippen molar-refractivity contribution >= 4 is 17.5 Å². The molecule has 2 heterocycles. The maximum atomic E-state index is 13.0. The molecule has 2 aromatic rings. The lowest BCUT2D eigenvalue weighted by atomic mass is 10.0. The van der Waals surface area contributed by atoms with E-state index in [-0.39, 0.29) is 30.7 Å². The Balaban J connectivity index is 1.67. The van der Waals surface area contributed by atoms with Crippen LogP contribution in [0.5, 0.6) is 0 Å². The van der Waals surface area contributed by atoms with Crippen molar-refractivity contribution in [3.05, 3.63) is 41.6 Å². The highest BCUT2D eigenvalue weighted by molar-refractivity contribution is 6.00. The first-order chi connectivity index (χ1) is 13.4. The molecule has 1 aliphatic heterocycles. The number of carbonyl (C=O) groups is 2. The normalized spacial score (nSPS) is 16.8. The Morgan fingerprint density at radius 3 is 2.46 bits per heavy atom. The molecule has 0 N–H and O–H groups in total. The van der Waals surface area contributed by atoms with Crippen molar-refractivity contribution in [1.29, 1.82) is 0 Å². The molecule has 0 spiro atoms. The summed E-state index contributed by atoms with van der Waals surface area (Å²) < 4.78 is 5.53. The predicted octanol–water partition coefficient (Wildman–Crippen LogP) is 3.16. The van der Waals surface area contributed by atoms with Gasteiger partial charge in [0, 0.05) is 31.6 Å². The van der Waals surface area contributed by atoms with E-state index in [1.807, 2.05) is 38.1 Å². The van der Waals surface area contributed by atoms with Crippen LogP contribution in [0.3, 0.4) is 0 Å². The van der Waals surface area contributed by atoms with Gasteiger partial charge in [0.05, 0.1) is 12.5 Å². The molecular formula is C21H28N4O3. The summed E-state index contributed by atoms with van der Waals surface area (Å²) in [5, 5.41) is 7.94. The number of hydrogen-bond donors (Lipinski definition) is 0. The minimum atomic E-state index is -0.356. The first kappa shape index (κ1) is 20.0. The number of amides is 2. The second-order valence-electron chi connectivity index (χ2n) is 7.45. The zero-order chi connectivity index (χ0) is 20.3. The van der Waals surface area contributed by atoms with E-state index in [2.05, 4.69) is 24.0 Å².